The minimum absolute atomic E-state index is 0.191. The molecule has 6 heteroatoms. The fourth-order valence-corrected chi connectivity index (χ4v) is 2.63. The van der Waals surface area contributed by atoms with Crippen LogP contribution in [0.15, 0.2) is 28.7 Å². The van der Waals surface area contributed by atoms with E-state index < -0.39 is 0 Å². The van der Waals surface area contributed by atoms with E-state index in [0.717, 1.165) is 20.6 Å². The lowest BCUT2D eigenvalue weighted by Crippen LogP contribution is -2.03. The van der Waals surface area contributed by atoms with Crippen LogP contribution in [0, 0.1) is 0 Å². The number of nitrogen functional groups attached to an aromatic ring is 1. The second-order valence-electron chi connectivity index (χ2n) is 3.58. The third kappa shape index (κ3) is 2.88. The molecule has 0 radical (unpaired) electrons. The Hall–Kier alpha value is -1.40. The number of hydrogen-bond acceptors (Lipinski definition) is 5. The zero-order chi connectivity index (χ0) is 13.1. The summed E-state index contributed by atoms with van der Waals surface area (Å²) in [5.41, 5.74) is 7.39. The molecule has 0 unspecified atom stereocenters. The minimum atomic E-state index is -0.294. The molecule has 1 heterocycles. The number of rotatable bonds is 3. The summed E-state index contributed by atoms with van der Waals surface area (Å²) in [6.45, 7) is 0. The molecule has 0 aliphatic heterocycles. The molecule has 0 saturated carbocycles. The predicted octanol–water partition coefficient (Wildman–Crippen LogP) is 2.87. The molecule has 1 aromatic carbocycles. The third-order valence-electron chi connectivity index (χ3n) is 2.36. The van der Waals surface area contributed by atoms with Gasteiger partial charge in [0.15, 0.2) is 5.13 Å². The summed E-state index contributed by atoms with van der Waals surface area (Å²) in [6.07, 6.45) is 0.191. The number of nitrogens with two attached hydrogens (primary N) is 1. The van der Waals surface area contributed by atoms with Crippen molar-refractivity contribution in [2.45, 2.75) is 6.42 Å². The number of carbonyl (C=O) groups is 1. The number of benzene rings is 1. The van der Waals surface area contributed by atoms with E-state index in [1.165, 1.54) is 18.4 Å². The van der Waals surface area contributed by atoms with Gasteiger partial charge in [0.1, 0.15) is 0 Å². The van der Waals surface area contributed by atoms with Crippen LogP contribution in [0.25, 0.3) is 11.3 Å². The highest BCUT2D eigenvalue weighted by molar-refractivity contribution is 9.10. The molecule has 0 amide bonds. The molecule has 0 fully saturated rings. The van der Waals surface area contributed by atoms with Gasteiger partial charge >= 0.3 is 5.97 Å². The van der Waals surface area contributed by atoms with Gasteiger partial charge in [0.2, 0.25) is 0 Å². The van der Waals surface area contributed by atoms with Crippen LogP contribution in [0.3, 0.4) is 0 Å². The lowest BCUT2D eigenvalue weighted by molar-refractivity contribution is -0.139. The molecule has 2 rings (SSSR count). The number of esters is 1. The van der Waals surface area contributed by atoms with Crippen molar-refractivity contribution in [3.63, 3.8) is 0 Å². The molecule has 4 nitrogen and oxygen atoms in total. The van der Waals surface area contributed by atoms with Crippen LogP contribution in [0.5, 0.6) is 0 Å². The Bertz CT molecular complexity index is 566. The Morgan fingerprint density at radius 1 is 1.44 bits per heavy atom. The Morgan fingerprint density at radius 2 is 2.11 bits per heavy atom. The van der Waals surface area contributed by atoms with Gasteiger partial charge in [-0.1, -0.05) is 28.1 Å². The quantitative estimate of drug-likeness (QED) is 0.881. The SMILES string of the molecule is COC(=O)Cc1sc(N)nc1-c1ccc(Br)cc1. The van der Waals surface area contributed by atoms with Crippen LogP contribution in [0.1, 0.15) is 4.88 Å². The van der Waals surface area contributed by atoms with Crippen LogP contribution >= 0.6 is 27.3 Å². The highest BCUT2D eigenvalue weighted by atomic mass is 79.9. The van der Waals surface area contributed by atoms with Gasteiger partial charge in [0.25, 0.3) is 0 Å². The largest absolute Gasteiger partial charge is 0.469 e. The Labute approximate surface area is 117 Å². The highest BCUT2D eigenvalue weighted by Crippen LogP contribution is 2.30. The lowest BCUT2D eigenvalue weighted by Gasteiger charge is -2.01. The Kier molecular flexibility index (Phi) is 3.98. The van der Waals surface area contributed by atoms with E-state index in [1.807, 2.05) is 24.3 Å². The normalized spacial score (nSPS) is 10.3. The molecule has 1 aromatic heterocycles. The molecular weight excluding hydrogens is 316 g/mol. The number of halogens is 1. The summed E-state index contributed by atoms with van der Waals surface area (Å²) >= 11 is 4.69. The zero-order valence-corrected chi connectivity index (χ0v) is 12.0. The number of hydrogen-bond donors (Lipinski definition) is 1. The topological polar surface area (TPSA) is 65.2 Å². The van der Waals surface area contributed by atoms with Crippen molar-refractivity contribution < 1.29 is 9.53 Å². The fourth-order valence-electron chi connectivity index (χ4n) is 1.53. The fraction of sp³-hybridized carbons (Fsp3) is 0.167. The number of aromatic nitrogens is 1. The summed E-state index contributed by atoms with van der Waals surface area (Å²) in [6, 6.07) is 7.71. The second kappa shape index (κ2) is 5.49. The summed E-state index contributed by atoms with van der Waals surface area (Å²) in [7, 11) is 1.37. The maximum absolute atomic E-state index is 11.3. The molecule has 2 N–H and O–H groups in total. The zero-order valence-electron chi connectivity index (χ0n) is 9.64. The molecular formula is C12H11BrN2O2S. The van der Waals surface area contributed by atoms with Crippen molar-refractivity contribution in [3.05, 3.63) is 33.6 Å². The van der Waals surface area contributed by atoms with Crippen molar-refractivity contribution in [1.29, 1.82) is 0 Å². The number of nitrogens with zero attached hydrogens (tertiary/aromatic N) is 1. The molecule has 18 heavy (non-hydrogen) atoms. The average molecular weight is 327 g/mol. The summed E-state index contributed by atoms with van der Waals surface area (Å²) in [4.78, 5) is 16.4. The van der Waals surface area contributed by atoms with Gasteiger partial charge in [0.05, 0.1) is 19.2 Å². The Morgan fingerprint density at radius 3 is 2.72 bits per heavy atom. The molecule has 0 atom stereocenters. The highest BCUT2D eigenvalue weighted by Gasteiger charge is 2.15. The summed E-state index contributed by atoms with van der Waals surface area (Å²) in [5, 5.41) is 0.451. The van der Waals surface area contributed by atoms with E-state index in [9.17, 15) is 4.79 Å². The van der Waals surface area contributed by atoms with Crippen LogP contribution in [-0.2, 0) is 16.0 Å². The van der Waals surface area contributed by atoms with Gasteiger partial charge in [-0.25, -0.2) is 4.98 Å². The maximum Gasteiger partial charge on any atom is 0.310 e. The van der Waals surface area contributed by atoms with Gasteiger partial charge in [-0.15, -0.1) is 11.3 Å². The lowest BCUT2D eigenvalue weighted by atomic mass is 10.1. The van der Waals surface area contributed by atoms with Crippen molar-refractivity contribution in [2.75, 3.05) is 12.8 Å². The van der Waals surface area contributed by atoms with Crippen molar-refractivity contribution in [3.8, 4) is 11.3 Å². The first-order chi connectivity index (χ1) is 8.60. The van der Waals surface area contributed by atoms with Gasteiger partial charge in [-0.3, -0.25) is 4.79 Å². The first-order valence-electron chi connectivity index (χ1n) is 5.18. The van der Waals surface area contributed by atoms with Crippen LogP contribution in [0.4, 0.5) is 5.13 Å². The molecule has 0 bridgehead atoms. The second-order valence-corrected chi connectivity index (χ2v) is 5.61. The molecule has 0 saturated heterocycles. The Balaban J connectivity index is 2.37. The van der Waals surface area contributed by atoms with E-state index in [-0.39, 0.29) is 12.4 Å². The molecule has 0 spiro atoms. The van der Waals surface area contributed by atoms with Gasteiger partial charge < -0.3 is 10.5 Å². The number of anilines is 1. The predicted molar refractivity (Wildman–Crippen MR) is 75.4 cm³/mol. The maximum atomic E-state index is 11.3. The average Bonchev–Trinajstić information content (AvgIpc) is 2.71. The van der Waals surface area contributed by atoms with Crippen LogP contribution < -0.4 is 5.73 Å². The first kappa shape index (κ1) is 13.0. The first-order valence-corrected chi connectivity index (χ1v) is 6.79. The van der Waals surface area contributed by atoms with E-state index in [0.29, 0.717) is 5.13 Å². The minimum Gasteiger partial charge on any atom is -0.469 e. The van der Waals surface area contributed by atoms with Crippen LogP contribution in [0.2, 0.25) is 0 Å². The smallest absolute Gasteiger partial charge is 0.310 e. The summed E-state index contributed by atoms with van der Waals surface area (Å²) < 4.78 is 5.65. The van der Waals surface area contributed by atoms with Gasteiger partial charge in [0, 0.05) is 14.9 Å². The van der Waals surface area contributed by atoms with E-state index in [4.69, 9.17) is 5.73 Å². The number of thiazole rings is 1. The van der Waals surface area contributed by atoms with E-state index in [1.54, 1.807) is 0 Å². The monoisotopic (exact) mass is 326 g/mol. The number of carbonyl (C=O) groups excluding carboxylic acids is 1. The van der Waals surface area contributed by atoms with Gasteiger partial charge in [-0.2, -0.15) is 0 Å². The number of ether oxygens (including phenoxy) is 1. The third-order valence-corrected chi connectivity index (χ3v) is 3.78. The molecule has 0 aliphatic rings. The van der Waals surface area contributed by atoms with E-state index in [2.05, 4.69) is 25.7 Å². The standard InChI is InChI=1S/C12H11BrN2O2S/c1-17-10(16)6-9-11(15-12(14)18-9)7-2-4-8(13)5-3-7/h2-5H,6H2,1H3,(H2,14,15). The van der Waals surface area contributed by atoms with E-state index >= 15 is 0 Å². The number of methoxy groups -OCH3 is 1. The molecule has 94 valence electrons. The summed E-state index contributed by atoms with van der Waals surface area (Å²) in [5.74, 6) is -0.294. The van der Waals surface area contributed by atoms with Crippen molar-refractivity contribution in [2.24, 2.45) is 0 Å². The molecule has 0 aliphatic carbocycles. The van der Waals surface area contributed by atoms with Crippen molar-refractivity contribution >= 4 is 38.4 Å². The van der Waals surface area contributed by atoms with Crippen LogP contribution in [-0.4, -0.2) is 18.1 Å². The van der Waals surface area contributed by atoms with Crippen molar-refractivity contribution in [1.82, 2.24) is 4.98 Å². The van der Waals surface area contributed by atoms with Gasteiger partial charge in [-0.05, 0) is 12.1 Å². The molecule has 2 aromatic rings.